The van der Waals surface area contributed by atoms with Crippen LogP contribution in [0.4, 0.5) is 10.3 Å². The third-order valence-electron chi connectivity index (χ3n) is 3.99. The van der Waals surface area contributed by atoms with E-state index >= 15 is 0 Å². The topological polar surface area (TPSA) is 55.6 Å². The Kier molecular flexibility index (Phi) is 3.54. The van der Waals surface area contributed by atoms with Crippen LogP contribution in [0.2, 0.25) is 5.02 Å². The molecule has 1 N–H and O–H groups in total. The smallest absolute Gasteiger partial charge is 0.248 e. The number of rotatable bonds is 2. The van der Waals surface area contributed by atoms with Gasteiger partial charge in [0.05, 0.1) is 0 Å². The first-order valence-electron chi connectivity index (χ1n) is 7.41. The molecule has 0 saturated heterocycles. The van der Waals surface area contributed by atoms with E-state index in [9.17, 15) is 4.39 Å². The normalized spacial score (nSPS) is 16.3. The SMILES string of the molecule is Cc1ccc(C2=C[C@H](c3c(F)cccc3Cl)n3nnnc3N2)cc1. The summed E-state index contributed by atoms with van der Waals surface area (Å²) in [6.45, 7) is 2.02. The highest BCUT2D eigenvalue weighted by molar-refractivity contribution is 6.31. The zero-order chi connectivity index (χ0) is 16.7. The Morgan fingerprint density at radius 1 is 1.17 bits per heavy atom. The maximum atomic E-state index is 14.4. The summed E-state index contributed by atoms with van der Waals surface area (Å²) in [7, 11) is 0. The number of tetrazole rings is 1. The molecule has 0 unspecified atom stereocenters. The highest BCUT2D eigenvalue weighted by Crippen LogP contribution is 2.35. The molecule has 0 saturated carbocycles. The third kappa shape index (κ3) is 2.45. The molecule has 7 heteroatoms. The molecule has 5 nitrogen and oxygen atoms in total. The number of allylic oxidation sites excluding steroid dienone is 1. The average Bonchev–Trinajstić information content (AvgIpc) is 3.04. The van der Waals surface area contributed by atoms with E-state index in [1.54, 1.807) is 12.1 Å². The van der Waals surface area contributed by atoms with Crippen molar-refractivity contribution >= 4 is 23.2 Å². The molecular formula is C17H13ClFN5. The van der Waals surface area contributed by atoms with Crippen molar-refractivity contribution in [1.29, 1.82) is 0 Å². The van der Waals surface area contributed by atoms with Crippen molar-refractivity contribution in [3.63, 3.8) is 0 Å². The molecule has 24 heavy (non-hydrogen) atoms. The summed E-state index contributed by atoms with van der Waals surface area (Å²) in [5, 5.41) is 15.1. The molecule has 3 aromatic rings. The zero-order valence-electron chi connectivity index (χ0n) is 12.7. The molecule has 120 valence electrons. The first-order chi connectivity index (χ1) is 11.6. The van der Waals surface area contributed by atoms with E-state index in [4.69, 9.17) is 11.6 Å². The minimum Gasteiger partial charge on any atom is -0.323 e. The van der Waals surface area contributed by atoms with Crippen molar-refractivity contribution in [2.45, 2.75) is 13.0 Å². The Morgan fingerprint density at radius 3 is 2.71 bits per heavy atom. The van der Waals surface area contributed by atoms with Gasteiger partial charge in [-0.1, -0.05) is 52.6 Å². The lowest BCUT2D eigenvalue weighted by Gasteiger charge is -2.24. The zero-order valence-corrected chi connectivity index (χ0v) is 13.5. The predicted octanol–water partition coefficient (Wildman–Crippen LogP) is 3.83. The summed E-state index contributed by atoms with van der Waals surface area (Å²) >= 11 is 6.24. The fourth-order valence-electron chi connectivity index (χ4n) is 2.75. The van der Waals surface area contributed by atoms with Gasteiger partial charge in [-0.05, 0) is 41.1 Å². The van der Waals surface area contributed by atoms with Gasteiger partial charge in [0.25, 0.3) is 0 Å². The molecule has 0 bridgehead atoms. The van der Waals surface area contributed by atoms with Gasteiger partial charge in [-0.15, -0.1) is 0 Å². The molecule has 4 rings (SSSR count). The van der Waals surface area contributed by atoms with Crippen LogP contribution in [-0.4, -0.2) is 20.2 Å². The van der Waals surface area contributed by atoms with E-state index in [1.165, 1.54) is 10.7 Å². The molecule has 0 aliphatic carbocycles. The monoisotopic (exact) mass is 341 g/mol. The second-order valence-corrected chi connectivity index (χ2v) is 6.01. The Morgan fingerprint density at radius 2 is 1.96 bits per heavy atom. The summed E-state index contributed by atoms with van der Waals surface area (Å²) in [4.78, 5) is 0. The summed E-state index contributed by atoms with van der Waals surface area (Å²) in [6.07, 6.45) is 1.87. The number of fused-ring (bicyclic) bond motifs is 1. The number of nitrogens with one attached hydrogen (secondary N) is 1. The largest absolute Gasteiger partial charge is 0.323 e. The summed E-state index contributed by atoms with van der Waals surface area (Å²) in [5.41, 5.74) is 3.28. The van der Waals surface area contributed by atoms with Gasteiger partial charge >= 0.3 is 0 Å². The summed E-state index contributed by atoms with van der Waals surface area (Å²) < 4.78 is 15.9. The fraction of sp³-hybridized carbons (Fsp3) is 0.118. The van der Waals surface area contributed by atoms with Crippen LogP contribution in [0.15, 0.2) is 48.5 Å². The molecule has 1 aliphatic heterocycles. The lowest BCUT2D eigenvalue weighted by Crippen LogP contribution is -2.21. The number of aryl methyl sites for hydroxylation is 1. The van der Waals surface area contributed by atoms with Crippen molar-refractivity contribution in [2.24, 2.45) is 0 Å². The molecule has 2 heterocycles. The van der Waals surface area contributed by atoms with Crippen LogP contribution in [0.5, 0.6) is 0 Å². The molecular weight excluding hydrogens is 329 g/mol. The number of halogens is 2. The highest BCUT2D eigenvalue weighted by atomic mass is 35.5. The van der Waals surface area contributed by atoms with E-state index in [0.717, 1.165) is 16.8 Å². The van der Waals surface area contributed by atoms with Crippen LogP contribution < -0.4 is 5.32 Å². The predicted molar refractivity (Wildman–Crippen MR) is 90.1 cm³/mol. The van der Waals surface area contributed by atoms with Crippen molar-refractivity contribution in [3.05, 3.63) is 76.1 Å². The van der Waals surface area contributed by atoms with Gasteiger partial charge in [-0.2, -0.15) is 4.68 Å². The molecule has 1 atom stereocenters. The molecule has 0 radical (unpaired) electrons. The Hall–Kier alpha value is -2.73. The van der Waals surface area contributed by atoms with Gasteiger partial charge in [0.15, 0.2) is 0 Å². The van der Waals surface area contributed by atoms with E-state index in [1.807, 2.05) is 37.3 Å². The van der Waals surface area contributed by atoms with Gasteiger partial charge < -0.3 is 5.32 Å². The van der Waals surface area contributed by atoms with E-state index in [-0.39, 0.29) is 0 Å². The number of hydrogen-bond donors (Lipinski definition) is 1. The van der Waals surface area contributed by atoms with Crippen molar-refractivity contribution < 1.29 is 4.39 Å². The fourth-order valence-corrected chi connectivity index (χ4v) is 3.03. The minimum absolute atomic E-state index is 0.336. The Bertz CT molecular complexity index is 912. The second kappa shape index (κ2) is 5.72. The molecule has 0 spiro atoms. The molecule has 0 fully saturated rings. The van der Waals surface area contributed by atoms with Crippen molar-refractivity contribution in [2.75, 3.05) is 5.32 Å². The van der Waals surface area contributed by atoms with Crippen molar-refractivity contribution in [1.82, 2.24) is 20.2 Å². The van der Waals surface area contributed by atoms with Gasteiger partial charge in [-0.25, -0.2) is 4.39 Å². The van der Waals surface area contributed by atoms with Gasteiger partial charge in [0.2, 0.25) is 5.95 Å². The molecule has 0 amide bonds. The van der Waals surface area contributed by atoms with E-state index in [2.05, 4.69) is 20.8 Å². The molecule has 1 aliphatic rings. The number of aromatic nitrogens is 4. The number of hydrogen-bond acceptors (Lipinski definition) is 4. The number of benzene rings is 2. The van der Waals surface area contributed by atoms with Crippen LogP contribution in [0.25, 0.3) is 5.70 Å². The van der Waals surface area contributed by atoms with Gasteiger partial charge in [0, 0.05) is 16.3 Å². The first-order valence-corrected chi connectivity index (χ1v) is 7.79. The second-order valence-electron chi connectivity index (χ2n) is 5.60. The lowest BCUT2D eigenvalue weighted by atomic mass is 10.0. The van der Waals surface area contributed by atoms with Crippen LogP contribution in [0, 0.1) is 12.7 Å². The summed E-state index contributed by atoms with van der Waals surface area (Å²) in [6, 6.07) is 12.1. The van der Waals surface area contributed by atoms with Gasteiger partial charge in [-0.3, -0.25) is 0 Å². The quantitative estimate of drug-likeness (QED) is 0.769. The lowest BCUT2D eigenvalue weighted by molar-refractivity contribution is 0.540. The first kappa shape index (κ1) is 14.8. The average molecular weight is 342 g/mol. The third-order valence-corrected chi connectivity index (χ3v) is 4.31. The number of nitrogens with zero attached hydrogens (tertiary/aromatic N) is 4. The summed E-state index contributed by atoms with van der Waals surface area (Å²) in [5.74, 6) is 0.0488. The van der Waals surface area contributed by atoms with Crippen LogP contribution >= 0.6 is 11.6 Å². The molecule has 1 aromatic heterocycles. The van der Waals surface area contributed by atoms with Crippen LogP contribution in [-0.2, 0) is 0 Å². The van der Waals surface area contributed by atoms with E-state index in [0.29, 0.717) is 16.5 Å². The maximum absolute atomic E-state index is 14.4. The minimum atomic E-state index is -0.527. The van der Waals surface area contributed by atoms with E-state index < -0.39 is 11.9 Å². The Balaban J connectivity index is 1.87. The van der Waals surface area contributed by atoms with Gasteiger partial charge in [0.1, 0.15) is 11.9 Å². The Labute approximate surface area is 142 Å². The number of anilines is 1. The standard InChI is InChI=1S/C17H13ClFN5/c1-10-5-7-11(8-6-10)14-9-15(24-17(20-14)21-22-23-24)16-12(18)3-2-4-13(16)19/h2-9,15H,1H3,(H,20,21,23)/t15-/m1/s1. The maximum Gasteiger partial charge on any atom is 0.248 e. The molecule has 2 aromatic carbocycles. The van der Waals surface area contributed by atoms with Crippen molar-refractivity contribution in [3.8, 4) is 0 Å². The van der Waals surface area contributed by atoms with Crippen LogP contribution in [0.1, 0.15) is 22.7 Å². The highest BCUT2D eigenvalue weighted by Gasteiger charge is 2.28. The van der Waals surface area contributed by atoms with Crippen LogP contribution in [0.3, 0.4) is 0 Å².